The molecule has 6 heteroatoms. The molecule has 2 heterocycles. The molecule has 0 aliphatic heterocycles. The van der Waals surface area contributed by atoms with Gasteiger partial charge in [-0.3, -0.25) is 4.79 Å². The van der Waals surface area contributed by atoms with Gasteiger partial charge in [-0.15, -0.1) is 11.3 Å². The molecule has 4 nitrogen and oxygen atoms in total. The molecule has 0 saturated heterocycles. The average molecular weight is 292 g/mol. The molecule has 0 aliphatic carbocycles. The summed E-state index contributed by atoms with van der Waals surface area (Å²) in [6.45, 7) is 3.77. The summed E-state index contributed by atoms with van der Waals surface area (Å²) in [5.74, 6) is -0.365. The highest BCUT2D eigenvalue weighted by Crippen LogP contribution is 2.32. The van der Waals surface area contributed by atoms with Crippen molar-refractivity contribution in [2.24, 2.45) is 0 Å². The molecule has 0 aliphatic rings. The molecule has 0 atom stereocenters. The Morgan fingerprint density at radius 1 is 1.53 bits per heavy atom. The van der Waals surface area contributed by atoms with E-state index in [0.29, 0.717) is 10.6 Å². The molecule has 2 aromatic rings. The van der Waals surface area contributed by atoms with E-state index in [9.17, 15) is 4.79 Å². The van der Waals surface area contributed by atoms with E-state index >= 15 is 0 Å². The van der Waals surface area contributed by atoms with E-state index in [1.807, 2.05) is 13.8 Å². The van der Waals surface area contributed by atoms with Crippen molar-refractivity contribution in [1.29, 1.82) is 5.26 Å². The van der Waals surface area contributed by atoms with Gasteiger partial charge in [-0.2, -0.15) is 5.26 Å². The summed E-state index contributed by atoms with van der Waals surface area (Å²) in [6, 6.07) is 5.33. The second-order valence-electron chi connectivity index (χ2n) is 3.90. The molecule has 0 spiro atoms. The Morgan fingerprint density at radius 2 is 2.26 bits per heavy atom. The van der Waals surface area contributed by atoms with Crippen LogP contribution in [0.1, 0.15) is 26.4 Å². The number of nitrogens with zero attached hydrogens (tertiary/aromatic N) is 2. The van der Waals surface area contributed by atoms with Crippen molar-refractivity contribution < 1.29 is 4.79 Å². The molecule has 0 radical (unpaired) electrons. The highest BCUT2D eigenvalue weighted by Gasteiger charge is 2.17. The van der Waals surface area contributed by atoms with Crippen LogP contribution in [0.2, 0.25) is 5.15 Å². The van der Waals surface area contributed by atoms with Crippen LogP contribution in [0.3, 0.4) is 0 Å². The lowest BCUT2D eigenvalue weighted by atomic mass is 10.2. The van der Waals surface area contributed by atoms with Crippen LogP contribution in [0.5, 0.6) is 0 Å². The molecule has 96 valence electrons. The third-order valence-corrected chi connectivity index (χ3v) is 4.15. The lowest BCUT2D eigenvalue weighted by Crippen LogP contribution is -2.12. The van der Waals surface area contributed by atoms with Gasteiger partial charge in [0.1, 0.15) is 16.2 Å². The van der Waals surface area contributed by atoms with Crippen molar-refractivity contribution >= 4 is 33.8 Å². The molecule has 1 N–H and O–H groups in total. The van der Waals surface area contributed by atoms with Gasteiger partial charge in [-0.25, -0.2) is 4.98 Å². The molecular weight excluding hydrogens is 282 g/mol. The Labute approximate surface area is 119 Å². The molecule has 2 rings (SSSR count). The molecular formula is C13H10ClN3OS. The van der Waals surface area contributed by atoms with Crippen LogP contribution in [0.15, 0.2) is 18.3 Å². The first-order valence-corrected chi connectivity index (χ1v) is 6.66. The van der Waals surface area contributed by atoms with E-state index in [1.54, 1.807) is 12.1 Å². The average Bonchev–Trinajstić information content (AvgIpc) is 2.64. The highest BCUT2D eigenvalue weighted by atomic mass is 35.5. The van der Waals surface area contributed by atoms with Gasteiger partial charge in [0.05, 0.1) is 11.1 Å². The van der Waals surface area contributed by atoms with E-state index in [0.717, 1.165) is 10.4 Å². The number of thiophene rings is 1. The summed E-state index contributed by atoms with van der Waals surface area (Å²) in [5.41, 5.74) is 1.67. The molecule has 0 bridgehead atoms. The van der Waals surface area contributed by atoms with Gasteiger partial charge in [-0.1, -0.05) is 11.6 Å². The minimum atomic E-state index is -0.365. The number of carbonyl (C=O) groups excluding carboxylic acids is 1. The number of carbonyl (C=O) groups is 1. The first-order chi connectivity index (χ1) is 9.04. The lowest BCUT2D eigenvalue weighted by Gasteiger charge is -2.04. The summed E-state index contributed by atoms with van der Waals surface area (Å²) in [7, 11) is 0. The summed E-state index contributed by atoms with van der Waals surface area (Å²) < 4.78 is 0. The second-order valence-corrected chi connectivity index (χ2v) is 5.48. The Balaban J connectivity index is 2.33. The molecule has 0 unspecified atom stereocenters. The molecule has 0 fully saturated rings. The van der Waals surface area contributed by atoms with E-state index in [4.69, 9.17) is 16.9 Å². The number of amides is 1. The van der Waals surface area contributed by atoms with Gasteiger partial charge in [0.25, 0.3) is 5.91 Å². The van der Waals surface area contributed by atoms with E-state index < -0.39 is 0 Å². The zero-order valence-electron chi connectivity index (χ0n) is 10.3. The van der Waals surface area contributed by atoms with Gasteiger partial charge in [0, 0.05) is 11.1 Å². The largest absolute Gasteiger partial charge is 0.312 e. The number of pyridine rings is 1. The summed E-state index contributed by atoms with van der Waals surface area (Å²) >= 11 is 7.24. The van der Waals surface area contributed by atoms with Crippen LogP contribution in [0, 0.1) is 25.2 Å². The third-order valence-electron chi connectivity index (χ3n) is 2.73. The smallest absolute Gasteiger partial charge is 0.259 e. The van der Waals surface area contributed by atoms with E-state index in [-0.39, 0.29) is 16.6 Å². The number of nitrogens with one attached hydrogen (secondary N) is 1. The van der Waals surface area contributed by atoms with Crippen molar-refractivity contribution in [3.63, 3.8) is 0 Å². The first-order valence-electron chi connectivity index (χ1n) is 5.46. The summed E-state index contributed by atoms with van der Waals surface area (Å²) in [5, 5.41) is 12.5. The number of hydrogen-bond donors (Lipinski definition) is 1. The number of rotatable bonds is 2. The predicted molar refractivity (Wildman–Crippen MR) is 75.7 cm³/mol. The SMILES string of the molecule is Cc1sc(NC(=O)c2cccnc2Cl)c(C#N)c1C. The van der Waals surface area contributed by atoms with Crippen LogP contribution < -0.4 is 5.32 Å². The van der Waals surface area contributed by atoms with Crippen molar-refractivity contribution in [3.05, 3.63) is 45.1 Å². The molecule has 2 aromatic heterocycles. The second kappa shape index (κ2) is 5.39. The fraction of sp³-hybridized carbons (Fsp3) is 0.154. The zero-order chi connectivity index (χ0) is 14.0. The third kappa shape index (κ3) is 2.60. The van der Waals surface area contributed by atoms with Gasteiger partial charge in [-0.05, 0) is 31.5 Å². The normalized spacial score (nSPS) is 10.0. The van der Waals surface area contributed by atoms with Gasteiger partial charge in [0.15, 0.2) is 0 Å². The maximum atomic E-state index is 12.1. The Hall–Kier alpha value is -1.90. The van der Waals surface area contributed by atoms with Crippen molar-refractivity contribution in [3.8, 4) is 6.07 Å². The lowest BCUT2D eigenvalue weighted by molar-refractivity contribution is 0.102. The fourth-order valence-corrected chi connectivity index (χ4v) is 2.79. The number of halogens is 1. The minimum Gasteiger partial charge on any atom is -0.312 e. The Bertz CT molecular complexity index is 688. The van der Waals surface area contributed by atoms with Gasteiger partial charge < -0.3 is 5.32 Å². The van der Waals surface area contributed by atoms with Crippen molar-refractivity contribution in [2.75, 3.05) is 5.32 Å². The molecule has 19 heavy (non-hydrogen) atoms. The van der Waals surface area contributed by atoms with Crippen LogP contribution in [0.25, 0.3) is 0 Å². The van der Waals surface area contributed by atoms with Crippen LogP contribution >= 0.6 is 22.9 Å². The highest BCUT2D eigenvalue weighted by molar-refractivity contribution is 7.16. The maximum absolute atomic E-state index is 12.1. The van der Waals surface area contributed by atoms with E-state index in [2.05, 4.69) is 16.4 Å². The quantitative estimate of drug-likeness (QED) is 0.861. The van der Waals surface area contributed by atoms with Crippen LogP contribution in [0.4, 0.5) is 5.00 Å². The first kappa shape index (κ1) is 13.5. The molecule has 1 amide bonds. The number of hydrogen-bond acceptors (Lipinski definition) is 4. The van der Waals surface area contributed by atoms with E-state index in [1.165, 1.54) is 17.5 Å². The maximum Gasteiger partial charge on any atom is 0.259 e. The van der Waals surface area contributed by atoms with Gasteiger partial charge >= 0.3 is 0 Å². The number of nitriles is 1. The topological polar surface area (TPSA) is 65.8 Å². The van der Waals surface area contributed by atoms with Crippen molar-refractivity contribution in [1.82, 2.24) is 4.98 Å². The number of aromatic nitrogens is 1. The van der Waals surface area contributed by atoms with Crippen LogP contribution in [-0.2, 0) is 0 Å². The zero-order valence-corrected chi connectivity index (χ0v) is 11.9. The Kier molecular flexibility index (Phi) is 3.84. The predicted octanol–water partition coefficient (Wildman–Crippen LogP) is 3.54. The number of anilines is 1. The molecule has 0 aromatic carbocycles. The fourth-order valence-electron chi connectivity index (χ4n) is 1.58. The Morgan fingerprint density at radius 3 is 2.89 bits per heavy atom. The number of aryl methyl sites for hydroxylation is 1. The van der Waals surface area contributed by atoms with Crippen LogP contribution in [-0.4, -0.2) is 10.9 Å². The standard InChI is InChI=1S/C13H10ClN3OS/c1-7-8(2)19-13(10(7)6-15)17-12(18)9-4-3-5-16-11(9)14/h3-5H,1-2H3,(H,17,18). The molecule has 0 saturated carbocycles. The summed E-state index contributed by atoms with van der Waals surface area (Å²) in [6.07, 6.45) is 1.51. The summed E-state index contributed by atoms with van der Waals surface area (Å²) in [4.78, 5) is 16.9. The monoisotopic (exact) mass is 291 g/mol. The van der Waals surface area contributed by atoms with Crippen molar-refractivity contribution in [2.45, 2.75) is 13.8 Å². The van der Waals surface area contributed by atoms with Gasteiger partial charge in [0.2, 0.25) is 0 Å². The minimum absolute atomic E-state index is 0.142.